The van der Waals surface area contributed by atoms with Crippen LogP contribution in [0.25, 0.3) is 39.0 Å². The van der Waals surface area contributed by atoms with Crippen LogP contribution in [0.4, 0.5) is 11.4 Å². The summed E-state index contributed by atoms with van der Waals surface area (Å²) in [6.45, 7) is 9.55. The Morgan fingerprint density at radius 3 is 2.00 bits per heavy atom. The number of fused-ring (bicyclic) bond motifs is 6. The molecule has 0 bridgehead atoms. The largest absolute Gasteiger partial charge is 0.334 e. The Balaban J connectivity index is 0.997. The SMILES string of the molecule is CC1(C)c2ccccc2-c2ccc(C3=CCC(N(c4ccc(-c5ccc6c(c5)C(C)(C)C5C=CC=CC65)cc4)c4ccccc4-c4ccccc4)C=C3)cc21. The minimum absolute atomic E-state index is 0.0173. The van der Waals surface area contributed by atoms with E-state index < -0.39 is 0 Å². The zero-order valence-corrected chi connectivity index (χ0v) is 32.2. The fourth-order valence-electron chi connectivity index (χ4n) is 10.1. The van der Waals surface area contributed by atoms with Gasteiger partial charge in [0.2, 0.25) is 0 Å². The van der Waals surface area contributed by atoms with Gasteiger partial charge in [0.1, 0.15) is 0 Å². The first kappa shape index (κ1) is 33.6. The Labute approximate surface area is 326 Å². The van der Waals surface area contributed by atoms with Crippen LogP contribution in [0.1, 0.15) is 67.9 Å². The molecule has 6 aromatic rings. The van der Waals surface area contributed by atoms with Crippen molar-refractivity contribution in [2.24, 2.45) is 5.92 Å². The Hall–Kier alpha value is -5.92. The molecule has 0 spiro atoms. The van der Waals surface area contributed by atoms with Crippen molar-refractivity contribution in [2.75, 3.05) is 4.90 Å². The lowest BCUT2D eigenvalue weighted by atomic mass is 9.74. The van der Waals surface area contributed by atoms with Crippen LogP contribution in [0.5, 0.6) is 0 Å². The summed E-state index contributed by atoms with van der Waals surface area (Å²) in [5.41, 5.74) is 18.6. The van der Waals surface area contributed by atoms with Gasteiger partial charge in [-0.15, -0.1) is 0 Å². The minimum atomic E-state index is -0.0173. The third-order valence-corrected chi connectivity index (χ3v) is 13.1. The van der Waals surface area contributed by atoms with Crippen molar-refractivity contribution >= 4 is 16.9 Å². The third-order valence-electron chi connectivity index (χ3n) is 13.1. The highest BCUT2D eigenvalue weighted by molar-refractivity contribution is 5.87. The molecule has 1 heteroatoms. The zero-order chi connectivity index (χ0) is 37.3. The number of para-hydroxylation sites is 1. The zero-order valence-electron chi connectivity index (χ0n) is 32.2. The lowest BCUT2D eigenvalue weighted by Crippen LogP contribution is -2.30. The summed E-state index contributed by atoms with van der Waals surface area (Å²) < 4.78 is 0. The lowest BCUT2D eigenvalue weighted by molar-refractivity contribution is 0.394. The van der Waals surface area contributed by atoms with Crippen molar-refractivity contribution in [1.29, 1.82) is 0 Å². The topological polar surface area (TPSA) is 3.24 Å². The van der Waals surface area contributed by atoms with Gasteiger partial charge in [0, 0.05) is 28.3 Å². The van der Waals surface area contributed by atoms with E-state index in [-0.39, 0.29) is 16.9 Å². The van der Waals surface area contributed by atoms with Gasteiger partial charge in [-0.1, -0.05) is 185 Å². The molecule has 0 heterocycles. The van der Waals surface area contributed by atoms with Gasteiger partial charge in [-0.3, -0.25) is 0 Å². The number of allylic oxidation sites excluding steroid dienone is 6. The van der Waals surface area contributed by atoms with E-state index >= 15 is 0 Å². The Morgan fingerprint density at radius 2 is 1.20 bits per heavy atom. The average molecular weight is 710 g/mol. The standard InChI is InChI=1S/C54H47N/c1-53(2)48-19-11-8-17-44(48)46-32-26-39(34-50(46)53)36-22-28-41(29-23-36)55(52-21-13-10-16-43(52)38-14-6-5-7-15-38)42-30-24-37(25-31-42)40-27-33-47-45-18-9-12-20-49(45)54(3,4)51(47)35-40/h5-30,32-35,42,44,48H,31H2,1-4H3. The van der Waals surface area contributed by atoms with Crippen LogP contribution in [0, 0.1) is 5.92 Å². The molecular formula is C54H47N. The monoisotopic (exact) mass is 709 g/mol. The van der Waals surface area contributed by atoms with Crippen molar-refractivity contribution < 1.29 is 0 Å². The van der Waals surface area contributed by atoms with E-state index in [0.717, 1.165) is 6.42 Å². The average Bonchev–Trinajstić information content (AvgIpc) is 3.61. The van der Waals surface area contributed by atoms with Crippen LogP contribution in [0.2, 0.25) is 0 Å². The van der Waals surface area contributed by atoms with Gasteiger partial charge in [-0.2, -0.15) is 0 Å². The van der Waals surface area contributed by atoms with E-state index in [1.807, 2.05) is 0 Å². The molecule has 10 rings (SSSR count). The number of benzene rings is 6. The predicted molar refractivity (Wildman–Crippen MR) is 233 cm³/mol. The van der Waals surface area contributed by atoms with Crippen LogP contribution in [-0.4, -0.2) is 6.04 Å². The molecule has 0 saturated carbocycles. The molecule has 3 unspecified atom stereocenters. The Kier molecular flexibility index (Phi) is 7.86. The Morgan fingerprint density at radius 1 is 0.527 bits per heavy atom. The quantitative estimate of drug-likeness (QED) is 0.166. The molecule has 4 aliphatic carbocycles. The molecule has 0 fully saturated rings. The summed E-state index contributed by atoms with van der Waals surface area (Å²) >= 11 is 0. The summed E-state index contributed by atoms with van der Waals surface area (Å²) in [5.74, 6) is 0.975. The molecule has 3 atom stereocenters. The number of hydrogen-bond donors (Lipinski definition) is 0. The highest BCUT2D eigenvalue weighted by atomic mass is 15.2. The van der Waals surface area contributed by atoms with E-state index in [2.05, 4.69) is 215 Å². The molecule has 55 heavy (non-hydrogen) atoms. The van der Waals surface area contributed by atoms with E-state index in [4.69, 9.17) is 0 Å². The van der Waals surface area contributed by atoms with Crippen molar-refractivity contribution in [2.45, 2.75) is 56.9 Å². The molecule has 1 nitrogen and oxygen atoms in total. The van der Waals surface area contributed by atoms with Crippen molar-refractivity contribution in [3.05, 3.63) is 210 Å². The van der Waals surface area contributed by atoms with Gasteiger partial charge < -0.3 is 4.90 Å². The fourth-order valence-corrected chi connectivity index (χ4v) is 10.1. The lowest BCUT2D eigenvalue weighted by Gasteiger charge is -2.35. The molecule has 0 aromatic heterocycles. The second-order valence-corrected chi connectivity index (χ2v) is 16.9. The Bertz CT molecular complexity index is 2580. The smallest absolute Gasteiger partial charge is 0.0560 e. The second kappa shape index (κ2) is 12.8. The van der Waals surface area contributed by atoms with Gasteiger partial charge in [-0.05, 0) is 103 Å². The maximum Gasteiger partial charge on any atom is 0.0560 e. The van der Waals surface area contributed by atoms with E-state index in [9.17, 15) is 0 Å². The van der Waals surface area contributed by atoms with Crippen molar-refractivity contribution in [3.8, 4) is 33.4 Å². The highest BCUT2D eigenvalue weighted by Gasteiger charge is 2.44. The first-order valence-electron chi connectivity index (χ1n) is 20.0. The van der Waals surface area contributed by atoms with Crippen LogP contribution < -0.4 is 4.90 Å². The van der Waals surface area contributed by atoms with Crippen LogP contribution in [-0.2, 0) is 10.8 Å². The summed E-state index contributed by atoms with van der Waals surface area (Å²) in [6.07, 6.45) is 17.4. The van der Waals surface area contributed by atoms with Gasteiger partial charge in [0.15, 0.2) is 0 Å². The fraction of sp³-hybridized carbons (Fsp3) is 0.185. The van der Waals surface area contributed by atoms with E-state index in [1.165, 1.54) is 78.1 Å². The van der Waals surface area contributed by atoms with Crippen molar-refractivity contribution in [1.82, 2.24) is 0 Å². The van der Waals surface area contributed by atoms with Crippen LogP contribution in [0.3, 0.4) is 0 Å². The van der Waals surface area contributed by atoms with Crippen LogP contribution >= 0.6 is 0 Å². The molecule has 0 radical (unpaired) electrons. The molecule has 268 valence electrons. The molecule has 0 N–H and O–H groups in total. The molecule has 0 amide bonds. The maximum absolute atomic E-state index is 2.55. The highest BCUT2D eigenvalue weighted by Crippen LogP contribution is 2.54. The summed E-state index contributed by atoms with van der Waals surface area (Å²) in [5, 5.41) is 0. The first-order chi connectivity index (χ1) is 26.8. The van der Waals surface area contributed by atoms with Gasteiger partial charge in [-0.25, -0.2) is 0 Å². The summed E-state index contributed by atoms with van der Waals surface area (Å²) in [6, 6.07) is 52.3. The number of hydrogen-bond acceptors (Lipinski definition) is 1. The second-order valence-electron chi connectivity index (χ2n) is 16.9. The molecule has 0 aliphatic heterocycles. The molecule has 6 aromatic carbocycles. The number of rotatable bonds is 6. The predicted octanol–water partition coefficient (Wildman–Crippen LogP) is 14.0. The van der Waals surface area contributed by atoms with Crippen LogP contribution in [0.15, 0.2) is 182 Å². The molecule has 0 saturated heterocycles. The van der Waals surface area contributed by atoms with Gasteiger partial charge >= 0.3 is 0 Å². The summed E-state index contributed by atoms with van der Waals surface area (Å²) in [7, 11) is 0. The molecular weight excluding hydrogens is 663 g/mol. The minimum Gasteiger partial charge on any atom is -0.334 e. The van der Waals surface area contributed by atoms with E-state index in [1.54, 1.807) is 0 Å². The van der Waals surface area contributed by atoms with Gasteiger partial charge in [0.05, 0.1) is 6.04 Å². The van der Waals surface area contributed by atoms with Crippen molar-refractivity contribution in [3.63, 3.8) is 0 Å². The third kappa shape index (κ3) is 5.43. The number of anilines is 2. The number of nitrogens with zero attached hydrogens (tertiary/aromatic N) is 1. The molecule has 4 aliphatic rings. The normalized spacial score (nSPS) is 20.7. The maximum atomic E-state index is 2.55. The summed E-state index contributed by atoms with van der Waals surface area (Å²) in [4.78, 5) is 2.55. The van der Waals surface area contributed by atoms with Gasteiger partial charge in [0.25, 0.3) is 0 Å². The first-order valence-corrected chi connectivity index (χ1v) is 20.0. The van der Waals surface area contributed by atoms with E-state index in [0.29, 0.717) is 11.8 Å².